The molecule has 1 saturated heterocycles. The van der Waals surface area contributed by atoms with E-state index in [2.05, 4.69) is 4.90 Å². The van der Waals surface area contributed by atoms with Crippen molar-refractivity contribution in [2.24, 2.45) is 0 Å². The first-order valence-electron chi connectivity index (χ1n) is 8.70. The van der Waals surface area contributed by atoms with Crippen molar-refractivity contribution in [1.82, 2.24) is 4.90 Å². The molecular weight excluding hydrogens is 326 g/mol. The zero-order chi connectivity index (χ0) is 18.8. The summed E-state index contributed by atoms with van der Waals surface area (Å²) >= 11 is 0. The molecule has 0 saturated carbocycles. The van der Waals surface area contributed by atoms with Crippen molar-refractivity contribution in [1.29, 1.82) is 0 Å². The van der Waals surface area contributed by atoms with Gasteiger partial charge in [-0.15, -0.1) is 0 Å². The Hall–Kier alpha value is -1.40. The maximum absolute atomic E-state index is 12.6. The first-order chi connectivity index (χ1) is 11.4. The smallest absolute Gasteiger partial charge is 0.307 e. The Morgan fingerprint density at radius 2 is 1.88 bits per heavy atom. The number of hydrogen-bond acceptors (Lipinski definition) is 4. The van der Waals surface area contributed by atoms with Gasteiger partial charge in [-0.2, -0.15) is 0 Å². The molecule has 0 radical (unpaired) electrons. The van der Waals surface area contributed by atoms with Crippen molar-refractivity contribution >= 4 is 15.8 Å². The standard InChI is InChI=1S/C14H19NO4S.2C2H6/c1-2-15-7-6-13(10-15)20(18,19)12-5-3-4-11(8-12)9-14(16)17;2*1-2/h3-5,8,13H,2,6-7,9-10H2,1H3,(H,16,17);2*1-2H3. The largest absolute Gasteiger partial charge is 0.481 e. The van der Waals surface area contributed by atoms with E-state index in [-0.39, 0.29) is 16.6 Å². The fourth-order valence-electron chi connectivity index (χ4n) is 2.54. The summed E-state index contributed by atoms with van der Waals surface area (Å²) < 4.78 is 25.1. The van der Waals surface area contributed by atoms with E-state index in [4.69, 9.17) is 5.11 Å². The number of carboxylic acids is 1. The second-order valence-electron chi connectivity index (χ2n) is 5.07. The Morgan fingerprint density at radius 1 is 1.25 bits per heavy atom. The molecule has 0 aromatic heterocycles. The Balaban J connectivity index is 0.00000123. The van der Waals surface area contributed by atoms with E-state index in [0.29, 0.717) is 18.5 Å². The van der Waals surface area contributed by atoms with E-state index in [1.165, 1.54) is 6.07 Å². The molecule has 1 N–H and O–H groups in total. The number of nitrogens with zero attached hydrogens (tertiary/aromatic N) is 1. The van der Waals surface area contributed by atoms with Crippen LogP contribution >= 0.6 is 0 Å². The molecule has 1 aliphatic rings. The molecule has 138 valence electrons. The van der Waals surface area contributed by atoms with E-state index >= 15 is 0 Å². The highest BCUT2D eigenvalue weighted by Crippen LogP contribution is 2.24. The van der Waals surface area contributed by atoms with Gasteiger partial charge in [0.2, 0.25) is 0 Å². The van der Waals surface area contributed by atoms with Gasteiger partial charge in [-0.1, -0.05) is 46.8 Å². The molecule has 24 heavy (non-hydrogen) atoms. The van der Waals surface area contributed by atoms with Crippen LogP contribution in [0.25, 0.3) is 0 Å². The summed E-state index contributed by atoms with van der Waals surface area (Å²) in [4.78, 5) is 13.1. The van der Waals surface area contributed by atoms with Crippen molar-refractivity contribution in [3.8, 4) is 0 Å². The molecule has 0 bridgehead atoms. The molecule has 0 aliphatic carbocycles. The zero-order valence-corrected chi connectivity index (χ0v) is 16.3. The topological polar surface area (TPSA) is 74.7 Å². The van der Waals surface area contributed by atoms with E-state index < -0.39 is 15.8 Å². The lowest BCUT2D eigenvalue weighted by Crippen LogP contribution is -2.27. The highest BCUT2D eigenvalue weighted by molar-refractivity contribution is 7.92. The third kappa shape index (κ3) is 6.24. The number of rotatable bonds is 5. The highest BCUT2D eigenvalue weighted by atomic mass is 32.2. The number of hydrogen-bond donors (Lipinski definition) is 1. The summed E-state index contributed by atoms with van der Waals surface area (Å²) in [6.07, 6.45) is 0.481. The third-order valence-electron chi connectivity index (χ3n) is 3.70. The Bertz CT molecular complexity index is 599. The lowest BCUT2D eigenvalue weighted by Gasteiger charge is -2.14. The van der Waals surface area contributed by atoms with E-state index in [9.17, 15) is 13.2 Å². The summed E-state index contributed by atoms with van der Waals surface area (Å²) in [6, 6.07) is 6.28. The maximum atomic E-state index is 12.6. The number of sulfone groups is 1. The fraction of sp³-hybridized carbons (Fsp3) is 0.611. The van der Waals surface area contributed by atoms with Crippen LogP contribution in [-0.4, -0.2) is 49.3 Å². The second kappa shape index (κ2) is 11.2. The Kier molecular flexibility index (Phi) is 10.6. The molecule has 0 amide bonds. The monoisotopic (exact) mass is 357 g/mol. The molecule has 2 rings (SSSR count). The first kappa shape index (κ1) is 22.6. The van der Waals surface area contributed by atoms with Crippen LogP contribution in [0.1, 0.15) is 46.6 Å². The number of likely N-dealkylation sites (tertiary alicyclic amines) is 1. The van der Waals surface area contributed by atoms with Gasteiger partial charge in [0.05, 0.1) is 16.6 Å². The summed E-state index contributed by atoms with van der Waals surface area (Å²) in [5.41, 5.74) is 0.518. The van der Waals surface area contributed by atoms with Crippen LogP contribution in [0.2, 0.25) is 0 Å². The van der Waals surface area contributed by atoms with Crippen molar-refractivity contribution in [2.45, 2.75) is 57.6 Å². The average molecular weight is 358 g/mol. The predicted molar refractivity (Wildman–Crippen MR) is 98.2 cm³/mol. The van der Waals surface area contributed by atoms with Gasteiger partial charge < -0.3 is 10.0 Å². The van der Waals surface area contributed by atoms with Gasteiger partial charge in [0.25, 0.3) is 0 Å². The van der Waals surface area contributed by atoms with Gasteiger partial charge in [-0.3, -0.25) is 4.79 Å². The minimum atomic E-state index is -3.37. The van der Waals surface area contributed by atoms with E-state index in [1.54, 1.807) is 18.2 Å². The molecule has 1 fully saturated rings. The molecule has 0 spiro atoms. The normalized spacial score (nSPS) is 17.3. The summed E-state index contributed by atoms with van der Waals surface area (Å²) in [6.45, 7) is 12.2. The fourth-order valence-corrected chi connectivity index (χ4v) is 4.33. The highest BCUT2D eigenvalue weighted by Gasteiger charge is 2.33. The van der Waals surface area contributed by atoms with Crippen molar-refractivity contribution in [2.75, 3.05) is 19.6 Å². The lowest BCUT2D eigenvalue weighted by molar-refractivity contribution is -0.136. The van der Waals surface area contributed by atoms with Crippen molar-refractivity contribution in [3.63, 3.8) is 0 Å². The molecular formula is C18H31NO4S. The molecule has 1 atom stereocenters. The minimum absolute atomic E-state index is 0.158. The SMILES string of the molecule is CC.CC.CCN1CCC(S(=O)(=O)c2cccc(CC(=O)O)c2)C1. The molecule has 1 aliphatic heterocycles. The molecule has 1 aromatic carbocycles. The van der Waals surface area contributed by atoms with Crippen LogP contribution in [0.15, 0.2) is 29.2 Å². The third-order valence-corrected chi connectivity index (χ3v) is 5.87. The van der Waals surface area contributed by atoms with Crippen LogP contribution in [0, 0.1) is 0 Å². The average Bonchev–Trinajstić information content (AvgIpc) is 3.08. The first-order valence-corrected chi connectivity index (χ1v) is 10.2. The van der Waals surface area contributed by atoms with Gasteiger partial charge in [-0.05, 0) is 37.2 Å². The van der Waals surface area contributed by atoms with Crippen LogP contribution in [-0.2, 0) is 21.1 Å². The predicted octanol–water partition coefficient (Wildman–Crippen LogP) is 3.23. The van der Waals surface area contributed by atoms with Crippen LogP contribution in [0.5, 0.6) is 0 Å². The van der Waals surface area contributed by atoms with Crippen LogP contribution < -0.4 is 0 Å². The molecule has 1 heterocycles. The number of aliphatic carboxylic acids is 1. The number of benzene rings is 1. The van der Waals surface area contributed by atoms with Crippen molar-refractivity contribution in [3.05, 3.63) is 29.8 Å². The zero-order valence-electron chi connectivity index (χ0n) is 15.4. The van der Waals surface area contributed by atoms with Crippen LogP contribution in [0.4, 0.5) is 0 Å². The van der Waals surface area contributed by atoms with Gasteiger partial charge >= 0.3 is 5.97 Å². The molecule has 1 unspecified atom stereocenters. The summed E-state index contributed by atoms with van der Waals surface area (Å²) in [5, 5.41) is 8.40. The number of carbonyl (C=O) groups is 1. The van der Waals surface area contributed by atoms with E-state index in [1.807, 2.05) is 34.6 Å². The van der Waals surface area contributed by atoms with Crippen LogP contribution in [0.3, 0.4) is 0 Å². The Morgan fingerprint density at radius 3 is 2.38 bits per heavy atom. The number of carboxylic acid groups (broad SMARTS) is 1. The van der Waals surface area contributed by atoms with Crippen molar-refractivity contribution < 1.29 is 18.3 Å². The van der Waals surface area contributed by atoms with E-state index in [0.717, 1.165) is 13.1 Å². The second-order valence-corrected chi connectivity index (χ2v) is 7.29. The molecule has 6 heteroatoms. The van der Waals surface area contributed by atoms with Gasteiger partial charge in [0.15, 0.2) is 9.84 Å². The Labute approximate surface area is 146 Å². The maximum Gasteiger partial charge on any atom is 0.307 e. The van der Waals surface area contributed by atoms with Gasteiger partial charge in [0.1, 0.15) is 0 Å². The molecule has 5 nitrogen and oxygen atoms in total. The molecule has 1 aromatic rings. The quantitative estimate of drug-likeness (QED) is 0.875. The summed E-state index contributed by atoms with van der Waals surface area (Å²) in [5.74, 6) is -0.961. The van der Waals surface area contributed by atoms with Gasteiger partial charge in [-0.25, -0.2) is 8.42 Å². The minimum Gasteiger partial charge on any atom is -0.481 e. The summed E-state index contributed by atoms with van der Waals surface area (Å²) in [7, 11) is -3.37. The van der Waals surface area contributed by atoms with Gasteiger partial charge in [0, 0.05) is 6.54 Å². The lowest BCUT2D eigenvalue weighted by atomic mass is 10.2.